The van der Waals surface area contributed by atoms with Gasteiger partial charge in [-0.1, -0.05) is 30.8 Å². The molecule has 0 fully saturated rings. The van der Waals surface area contributed by atoms with Gasteiger partial charge in [-0.25, -0.2) is 8.78 Å². The Morgan fingerprint density at radius 1 is 1.38 bits per heavy atom. The van der Waals surface area contributed by atoms with E-state index in [9.17, 15) is 13.6 Å². The second kappa shape index (κ2) is 7.54. The molecule has 1 aliphatic rings. The lowest BCUT2D eigenvalue weighted by Gasteiger charge is -2.23. The highest BCUT2D eigenvalue weighted by atomic mass is 19.3. The topological polar surface area (TPSA) is 77.0 Å². The predicted octanol–water partition coefficient (Wildman–Crippen LogP) is 2.33. The Bertz CT molecular complexity index is 738. The van der Waals surface area contributed by atoms with Crippen molar-refractivity contribution in [1.82, 2.24) is 16.0 Å². The highest BCUT2D eigenvalue weighted by Crippen LogP contribution is 2.15. The Morgan fingerprint density at radius 3 is 2.71 bits per heavy atom. The van der Waals surface area contributed by atoms with Crippen molar-refractivity contribution < 1.29 is 13.6 Å². The number of carbonyl (C=O) groups is 1. The van der Waals surface area contributed by atoms with E-state index in [-0.39, 0.29) is 29.3 Å². The van der Waals surface area contributed by atoms with E-state index in [4.69, 9.17) is 5.41 Å². The van der Waals surface area contributed by atoms with Crippen LogP contribution in [0.3, 0.4) is 0 Å². The van der Waals surface area contributed by atoms with Gasteiger partial charge in [0.15, 0.2) is 0 Å². The van der Waals surface area contributed by atoms with Crippen LogP contribution in [0.1, 0.15) is 11.1 Å². The standard InChI is InChI=1S/C17H18F2N4O/c1-10-5-3-4-6-12(10)9-21-17(24)13(8-20)16-22-11(2)7-14(23-16)15(18)19/h3-8,15,20,22-23H,2,9H2,1H3,(H,21,24)/b16-13+,20-8?. The summed E-state index contributed by atoms with van der Waals surface area (Å²) in [6, 6.07) is 7.55. The van der Waals surface area contributed by atoms with Gasteiger partial charge in [0.25, 0.3) is 12.3 Å². The van der Waals surface area contributed by atoms with E-state index in [1.165, 1.54) is 0 Å². The Balaban J connectivity index is 2.17. The molecule has 0 saturated carbocycles. The van der Waals surface area contributed by atoms with E-state index in [2.05, 4.69) is 22.5 Å². The number of nitrogens with one attached hydrogen (secondary N) is 4. The van der Waals surface area contributed by atoms with E-state index in [0.717, 1.165) is 23.4 Å². The van der Waals surface area contributed by atoms with Crippen LogP contribution in [0.25, 0.3) is 0 Å². The molecule has 1 amide bonds. The monoisotopic (exact) mass is 332 g/mol. The van der Waals surface area contributed by atoms with E-state index < -0.39 is 12.3 Å². The summed E-state index contributed by atoms with van der Waals surface area (Å²) in [6.45, 7) is 5.77. The molecule has 7 heteroatoms. The van der Waals surface area contributed by atoms with Gasteiger partial charge >= 0.3 is 0 Å². The van der Waals surface area contributed by atoms with Gasteiger partial charge in [-0.15, -0.1) is 0 Å². The minimum absolute atomic E-state index is 0.00934. The smallest absolute Gasteiger partial charge is 0.278 e. The maximum atomic E-state index is 12.9. The molecule has 0 aliphatic carbocycles. The van der Waals surface area contributed by atoms with Crippen molar-refractivity contribution in [1.29, 1.82) is 5.41 Å². The molecule has 0 spiro atoms. The number of allylic oxidation sites excluding steroid dienone is 2. The maximum absolute atomic E-state index is 12.9. The zero-order valence-electron chi connectivity index (χ0n) is 13.1. The Morgan fingerprint density at radius 2 is 2.08 bits per heavy atom. The molecule has 2 rings (SSSR count). The van der Waals surface area contributed by atoms with Gasteiger partial charge in [0.1, 0.15) is 5.82 Å². The summed E-state index contributed by atoms with van der Waals surface area (Å²) >= 11 is 0. The van der Waals surface area contributed by atoms with E-state index in [1.807, 2.05) is 31.2 Å². The molecule has 4 N–H and O–H groups in total. The molecule has 126 valence electrons. The summed E-state index contributed by atoms with van der Waals surface area (Å²) in [5.41, 5.74) is 1.70. The number of alkyl halides is 2. The van der Waals surface area contributed by atoms with Crippen molar-refractivity contribution in [3.05, 3.63) is 70.8 Å². The van der Waals surface area contributed by atoms with Gasteiger partial charge in [-0.2, -0.15) is 0 Å². The van der Waals surface area contributed by atoms with Crippen LogP contribution in [-0.4, -0.2) is 18.5 Å². The van der Waals surface area contributed by atoms with Crippen LogP contribution in [-0.2, 0) is 11.3 Å². The van der Waals surface area contributed by atoms with Crippen molar-refractivity contribution in [2.24, 2.45) is 0 Å². The van der Waals surface area contributed by atoms with Crippen molar-refractivity contribution in [2.75, 3.05) is 0 Å². The summed E-state index contributed by atoms with van der Waals surface area (Å²) in [5, 5.41) is 15.2. The van der Waals surface area contributed by atoms with Crippen LogP contribution in [0.15, 0.2) is 59.7 Å². The predicted molar refractivity (Wildman–Crippen MR) is 88.3 cm³/mol. The molecule has 1 aromatic carbocycles. The number of hydrogen-bond donors (Lipinski definition) is 4. The summed E-state index contributed by atoms with van der Waals surface area (Å²) < 4.78 is 25.7. The zero-order valence-corrected chi connectivity index (χ0v) is 13.1. The molecule has 0 unspecified atom stereocenters. The zero-order chi connectivity index (χ0) is 17.7. The molecular weight excluding hydrogens is 314 g/mol. The minimum Gasteiger partial charge on any atom is -0.348 e. The average molecular weight is 332 g/mol. The van der Waals surface area contributed by atoms with E-state index in [1.54, 1.807) is 0 Å². The third kappa shape index (κ3) is 4.07. The molecule has 0 radical (unpaired) electrons. The number of aryl methyl sites for hydroxylation is 1. The van der Waals surface area contributed by atoms with Crippen LogP contribution in [0.2, 0.25) is 0 Å². The molecule has 0 bridgehead atoms. The second-order valence-electron chi connectivity index (χ2n) is 5.22. The number of benzene rings is 1. The lowest BCUT2D eigenvalue weighted by Crippen LogP contribution is -2.37. The fourth-order valence-corrected chi connectivity index (χ4v) is 2.18. The molecule has 24 heavy (non-hydrogen) atoms. The highest BCUT2D eigenvalue weighted by molar-refractivity contribution is 6.12. The lowest BCUT2D eigenvalue weighted by molar-refractivity contribution is -0.117. The molecule has 5 nitrogen and oxygen atoms in total. The third-order valence-corrected chi connectivity index (χ3v) is 3.48. The normalized spacial score (nSPS) is 16.0. The molecular formula is C17H18F2N4O. The van der Waals surface area contributed by atoms with Gasteiger partial charge in [0.2, 0.25) is 0 Å². The summed E-state index contributed by atoms with van der Waals surface area (Å²) in [5.74, 6) is -0.540. The van der Waals surface area contributed by atoms with Gasteiger partial charge in [0, 0.05) is 18.5 Å². The van der Waals surface area contributed by atoms with Gasteiger partial charge in [-0.3, -0.25) is 4.79 Å². The van der Waals surface area contributed by atoms with Crippen LogP contribution in [0.4, 0.5) is 8.78 Å². The lowest BCUT2D eigenvalue weighted by atomic mass is 10.1. The number of hydrogen-bond acceptors (Lipinski definition) is 4. The van der Waals surface area contributed by atoms with Crippen LogP contribution < -0.4 is 16.0 Å². The summed E-state index contributed by atoms with van der Waals surface area (Å²) in [6.07, 6.45) is -0.772. The molecule has 1 heterocycles. The van der Waals surface area contributed by atoms with Gasteiger partial charge in [0.05, 0.1) is 11.3 Å². The van der Waals surface area contributed by atoms with Crippen molar-refractivity contribution in [3.63, 3.8) is 0 Å². The summed E-state index contributed by atoms with van der Waals surface area (Å²) in [4.78, 5) is 12.3. The largest absolute Gasteiger partial charge is 0.348 e. The first-order valence-corrected chi connectivity index (χ1v) is 7.22. The molecule has 1 aromatic rings. The Kier molecular flexibility index (Phi) is 5.47. The van der Waals surface area contributed by atoms with Crippen LogP contribution >= 0.6 is 0 Å². The first-order valence-electron chi connectivity index (χ1n) is 7.22. The number of halogens is 2. The fourth-order valence-electron chi connectivity index (χ4n) is 2.18. The Labute approximate surface area is 138 Å². The van der Waals surface area contributed by atoms with Crippen molar-refractivity contribution in [3.8, 4) is 0 Å². The quantitative estimate of drug-likeness (QED) is 0.494. The van der Waals surface area contributed by atoms with Crippen molar-refractivity contribution in [2.45, 2.75) is 19.9 Å². The Hall–Kier alpha value is -2.96. The van der Waals surface area contributed by atoms with Crippen LogP contribution in [0.5, 0.6) is 0 Å². The summed E-state index contributed by atoms with van der Waals surface area (Å²) in [7, 11) is 0. The molecule has 0 aromatic heterocycles. The van der Waals surface area contributed by atoms with Gasteiger partial charge in [-0.05, 0) is 24.1 Å². The highest BCUT2D eigenvalue weighted by Gasteiger charge is 2.22. The van der Waals surface area contributed by atoms with E-state index >= 15 is 0 Å². The number of amides is 1. The molecule has 1 aliphatic heterocycles. The minimum atomic E-state index is -2.74. The first kappa shape index (κ1) is 17.4. The van der Waals surface area contributed by atoms with E-state index in [0.29, 0.717) is 0 Å². The molecule has 0 saturated heterocycles. The maximum Gasteiger partial charge on any atom is 0.278 e. The van der Waals surface area contributed by atoms with Gasteiger partial charge < -0.3 is 21.4 Å². The SMILES string of the molecule is C=C1C=C(C(F)F)N/C(=C(\C=N)C(=O)NCc2ccccc2C)N1. The van der Waals surface area contributed by atoms with Crippen molar-refractivity contribution >= 4 is 12.1 Å². The third-order valence-electron chi connectivity index (χ3n) is 3.48. The van der Waals surface area contributed by atoms with Crippen LogP contribution in [0, 0.1) is 12.3 Å². The second-order valence-corrected chi connectivity index (χ2v) is 5.22. The average Bonchev–Trinajstić information content (AvgIpc) is 2.54. The number of rotatable bonds is 5. The molecule has 0 atom stereocenters. The fraction of sp³-hybridized carbons (Fsp3) is 0.176. The number of carbonyl (C=O) groups excluding carboxylic acids is 1. The first-order chi connectivity index (χ1) is 11.4.